The first-order valence-electron chi connectivity index (χ1n) is 8.12. The third-order valence-electron chi connectivity index (χ3n) is 4.50. The quantitative estimate of drug-likeness (QED) is 0.855. The Balaban J connectivity index is 0.00000225. The second-order valence-corrected chi connectivity index (χ2v) is 6.82. The summed E-state index contributed by atoms with van der Waals surface area (Å²) in [5.74, 6) is 0.248. The summed E-state index contributed by atoms with van der Waals surface area (Å²) in [7, 11) is 0. The van der Waals surface area contributed by atoms with E-state index >= 15 is 0 Å². The summed E-state index contributed by atoms with van der Waals surface area (Å²) in [6, 6.07) is 15.8. The number of carbonyl (C=O) groups excluding carboxylic acids is 1. The van der Waals surface area contributed by atoms with Crippen LogP contribution in [0.1, 0.15) is 17.0 Å². The fraction of sp³-hybridized carbons (Fsp3) is 0.316. The van der Waals surface area contributed by atoms with Crippen molar-refractivity contribution in [3.8, 4) is 0 Å². The molecule has 1 aliphatic rings. The topological polar surface area (TPSA) is 58.4 Å². The van der Waals surface area contributed by atoms with Crippen molar-refractivity contribution in [1.29, 1.82) is 0 Å². The first kappa shape index (κ1) is 19.7. The van der Waals surface area contributed by atoms with Gasteiger partial charge in [0.2, 0.25) is 5.91 Å². The molecular weight excluding hydrogens is 357 g/mol. The number of aryl methyl sites for hydroxylation is 1. The molecule has 3 rings (SSSR count). The molecular formula is C19H23Cl2N3O. The molecule has 134 valence electrons. The minimum atomic E-state index is -0.0265. The zero-order chi connectivity index (χ0) is 17.1. The van der Waals surface area contributed by atoms with Crippen molar-refractivity contribution in [2.24, 2.45) is 5.73 Å². The van der Waals surface area contributed by atoms with Gasteiger partial charge in [-0.05, 0) is 36.2 Å². The summed E-state index contributed by atoms with van der Waals surface area (Å²) in [4.78, 5) is 14.4. The van der Waals surface area contributed by atoms with Crippen LogP contribution in [0.15, 0.2) is 48.5 Å². The predicted octanol–water partition coefficient (Wildman–Crippen LogP) is 3.44. The molecule has 2 atom stereocenters. The monoisotopic (exact) mass is 379 g/mol. The van der Waals surface area contributed by atoms with Gasteiger partial charge in [0.1, 0.15) is 0 Å². The van der Waals surface area contributed by atoms with Crippen molar-refractivity contribution in [3.63, 3.8) is 0 Å². The largest absolute Gasteiger partial charge is 0.326 e. The van der Waals surface area contributed by atoms with Crippen molar-refractivity contribution >= 4 is 35.6 Å². The van der Waals surface area contributed by atoms with Crippen LogP contribution in [-0.4, -0.2) is 36.5 Å². The number of carbonyl (C=O) groups is 1. The van der Waals surface area contributed by atoms with Gasteiger partial charge in [-0.15, -0.1) is 12.4 Å². The molecule has 0 radical (unpaired) electrons. The van der Waals surface area contributed by atoms with Crippen LogP contribution in [-0.2, 0) is 4.79 Å². The van der Waals surface area contributed by atoms with Gasteiger partial charge < -0.3 is 11.1 Å². The van der Waals surface area contributed by atoms with E-state index in [1.165, 1.54) is 5.56 Å². The third kappa shape index (κ3) is 4.95. The highest BCUT2D eigenvalue weighted by molar-refractivity contribution is 6.30. The van der Waals surface area contributed by atoms with Gasteiger partial charge in [-0.1, -0.05) is 41.9 Å². The number of anilines is 1. The molecule has 0 unspecified atom stereocenters. The fourth-order valence-electron chi connectivity index (χ4n) is 3.26. The molecule has 6 heteroatoms. The van der Waals surface area contributed by atoms with E-state index in [0.29, 0.717) is 11.6 Å². The number of nitrogens with two attached hydrogens (primary N) is 1. The van der Waals surface area contributed by atoms with Crippen LogP contribution in [0.2, 0.25) is 5.02 Å². The summed E-state index contributed by atoms with van der Waals surface area (Å²) in [5, 5.41) is 3.62. The molecule has 4 nitrogen and oxygen atoms in total. The number of nitrogens with zero attached hydrogens (tertiary/aromatic N) is 1. The van der Waals surface area contributed by atoms with Crippen LogP contribution in [0.4, 0.5) is 5.69 Å². The maximum atomic E-state index is 12.3. The highest BCUT2D eigenvalue weighted by Crippen LogP contribution is 2.26. The molecule has 0 aliphatic carbocycles. The highest BCUT2D eigenvalue weighted by Gasteiger charge is 2.31. The maximum absolute atomic E-state index is 12.3. The molecule has 1 fully saturated rings. The SMILES string of the molecule is Cc1cc(Cl)ccc1NC(=O)CN1C[C@@H](N)[C@H](c2ccccc2)C1.Cl. The lowest BCUT2D eigenvalue weighted by molar-refractivity contribution is -0.117. The van der Waals surface area contributed by atoms with Crippen molar-refractivity contribution < 1.29 is 4.79 Å². The molecule has 2 aromatic rings. The minimum absolute atomic E-state index is 0. The Morgan fingerprint density at radius 3 is 2.64 bits per heavy atom. The van der Waals surface area contributed by atoms with E-state index in [1.54, 1.807) is 6.07 Å². The van der Waals surface area contributed by atoms with Crippen molar-refractivity contribution in [2.45, 2.75) is 18.9 Å². The Morgan fingerprint density at radius 2 is 1.96 bits per heavy atom. The van der Waals surface area contributed by atoms with Gasteiger partial charge in [-0.25, -0.2) is 0 Å². The lowest BCUT2D eigenvalue weighted by atomic mass is 9.95. The van der Waals surface area contributed by atoms with Crippen molar-refractivity contribution in [1.82, 2.24) is 4.90 Å². The molecule has 3 N–H and O–H groups in total. The number of halogens is 2. The number of benzene rings is 2. The van der Waals surface area contributed by atoms with E-state index < -0.39 is 0 Å². The fourth-order valence-corrected chi connectivity index (χ4v) is 3.48. The number of hydrogen-bond acceptors (Lipinski definition) is 3. The van der Waals surface area contributed by atoms with Gasteiger partial charge in [0.15, 0.2) is 0 Å². The Bertz CT molecular complexity index is 724. The molecule has 1 amide bonds. The van der Waals surface area contributed by atoms with Crippen LogP contribution in [0.3, 0.4) is 0 Å². The average Bonchev–Trinajstić information content (AvgIpc) is 2.91. The smallest absolute Gasteiger partial charge is 0.238 e. The summed E-state index contributed by atoms with van der Waals surface area (Å²) >= 11 is 5.95. The first-order valence-corrected chi connectivity index (χ1v) is 8.49. The molecule has 0 bridgehead atoms. The normalized spacial score (nSPS) is 20.1. The molecule has 1 aliphatic heterocycles. The van der Waals surface area contributed by atoms with Crippen LogP contribution >= 0.6 is 24.0 Å². The van der Waals surface area contributed by atoms with Gasteiger partial charge in [0, 0.05) is 35.8 Å². The first-order chi connectivity index (χ1) is 11.5. The zero-order valence-electron chi connectivity index (χ0n) is 14.1. The van der Waals surface area contributed by atoms with E-state index in [0.717, 1.165) is 24.3 Å². The standard InChI is InChI=1S/C19H22ClN3O.ClH/c1-13-9-15(20)7-8-18(13)22-19(24)12-23-10-16(17(21)11-23)14-5-3-2-4-6-14;/h2-9,16-17H,10-12,21H2,1H3,(H,22,24);1H/t16-,17+;/m0./s1. The number of amides is 1. The van der Waals surface area contributed by atoms with Crippen LogP contribution in [0.5, 0.6) is 0 Å². The Morgan fingerprint density at radius 1 is 1.24 bits per heavy atom. The molecule has 0 spiro atoms. The van der Waals surface area contributed by atoms with Gasteiger partial charge in [-0.3, -0.25) is 9.69 Å². The number of rotatable bonds is 4. The van der Waals surface area contributed by atoms with E-state index in [9.17, 15) is 4.79 Å². The average molecular weight is 380 g/mol. The van der Waals surface area contributed by atoms with E-state index in [-0.39, 0.29) is 30.3 Å². The highest BCUT2D eigenvalue weighted by atomic mass is 35.5. The number of likely N-dealkylation sites (tertiary alicyclic amines) is 1. The summed E-state index contributed by atoms with van der Waals surface area (Å²) in [5.41, 5.74) is 9.27. The summed E-state index contributed by atoms with van der Waals surface area (Å²) in [6.45, 7) is 3.81. The lowest BCUT2D eigenvalue weighted by Crippen LogP contribution is -2.33. The molecule has 2 aromatic carbocycles. The molecule has 0 aromatic heterocycles. The Hall–Kier alpha value is -1.59. The van der Waals surface area contributed by atoms with Gasteiger partial charge in [0.25, 0.3) is 0 Å². The van der Waals surface area contributed by atoms with Gasteiger partial charge in [-0.2, -0.15) is 0 Å². The van der Waals surface area contributed by atoms with Crippen LogP contribution in [0, 0.1) is 6.92 Å². The van der Waals surface area contributed by atoms with Crippen LogP contribution in [0.25, 0.3) is 0 Å². The van der Waals surface area contributed by atoms with E-state index in [2.05, 4.69) is 22.3 Å². The Labute approximate surface area is 159 Å². The second-order valence-electron chi connectivity index (χ2n) is 6.38. The minimum Gasteiger partial charge on any atom is -0.326 e. The lowest BCUT2D eigenvalue weighted by Gasteiger charge is -2.16. The van der Waals surface area contributed by atoms with Crippen LogP contribution < -0.4 is 11.1 Å². The van der Waals surface area contributed by atoms with E-state index in [1.807, 2.05) is 37.3 Å². The van der Waals surface area contributed by atoms with Crippen molar-refractivity contribution in [2.75, 3.05) is 25.0 Å². The summed E-state index contributed by atoms with van der Waals surface area (Å²) in [6.07, 6.45) is 0. The second kappa shape index (κ2) is 8.68. The Kier molecular flexibility index (Phi) is 6.85. The molecule has 1 saturated heterocycles. The zero-order valence-corrected chi connectivity index (χ0v) is 15.7. The number of nitrogens with one attached hydrogen (secondary N) is 1. The van der Waals surface area contributed by atoms with Gasteiger partial charge >= 0.3 is 0 Å². The number of hydrogen-bond donors (Lipinski definition) is 2. The van der Waals surface area contributed by atoms with Crippen molar-refractivity contribution in [3.05, 3.63) is 64.7 Å². The van der Waals surface area contributed by atoms with Gasteiger partial charge in [0.05, 0.1) is 6.54 Å². The molecule has 25 heavy (non-hydrogen) atoms. The molecule has 1 heterocycles. The maximum Gasteiger partial charge on any atom is 0.238 e. The third-order valence-corrected chi connectivity index (χ3v) is 4.73. The summed E-state index contributed by atoms with van der Waals surface area (Å²) < 4.78 is 0. The van der Waals surface area contributed by atoms with E-state index in [4.69, 9.17) is 17.3 Å². The molecule has 0 saturated carbocycles. The predicted molar refractivity (Wildman–Crippen MR) is 106 cm³/mol.